The minimum Gasteiger partial charge on any atom is -0.457 e. The fourth-order valence-electron chi connectivity index (χ4n) is 3.20. The summed E-state index contributed by atoms with van der Waals surface area (Å²) in [5.74, 6) is -0.643. The molecule has 1 saturated heterocycles. The summed E-state index contributed by atoms with van der Waals surface area (Å²) in [6.45, 7) is 3.98. The minimum atomic E-state index is -0.648. The zero-order valence-corrected chi connectivity index (χ0v) is 14.3. The van der Waals surface area contributed by atoms with Crippen LogP contribution in [0.3, 0.4) is 0 Å². The second-order valence-corrected chi connectivity index (χ2v) is 6.69. The molecule has 5 nitrogen and oxygen atoms in total. The maximum absolute atomic E-state index is 12.3. The molecule has 0 unspecified atom stereocenters. The summed E-state index contributed by atoms with van der Waals surface area (Å²) in [6, 6.07) is 16.5. The Morgan fingerprint density at radius 1 is 0.960 bits per heavy atom. The summed E-state index contributed by atoms with van der Waals surface area (Å²) in [5, 5.41) is 10.0. The first-order valence-electron chi connectivity index (χ1n) is 8.37. The van der Waals surface area contributed by atoms with Gasteiger partial charge in [0, 0.05) is 0 Å². The van der Waals surface area contributed by atoms with Crippen LogP contribution < -0.4 is 4.74 Å². The third kappa shape index (κ3) is 3.56. The molecule has 0 aliphatic carbocycles. The van der Waals surface area contributed by atoms with Crippen molar-refractivity contribution >= 4 is 11.8 Å². The van der Waals surface area contributed by atoms with Crippen LogP contribution in [0.2, 0.25) is 0 Å². The van der Waals surface area contributed by atoms with E-state index in [1.54, 1.807) is 24.3 Å². The quantitative estimate of drug-likeness (QED) is 0.661. The second-order valence-electron chi connectivity index (χ2n) is 6.69. The number of nitrogens with zero attached hydrogens (tertiary/aromatic N) is 1. The van der Waals surface area contributed by atoms with Crippen LogP contribution in [0.1, 0.15) is 31.7 Å². The molecule has 1 heterocycles. The first kappa shape index (κ1) is 17.2. The van der Waals surface area contributed by atoms with E-state index in [-0.39, 0.29) is 11.0 Å². The van der Waals surface area contributed by atoms with Crippen molar-refractivity contribution < 1.29 is 19.5 Å². The zero-order valence-electron chi connectivity index (χ0n) is 14.3. The molecule has 25 heavy (non-hydrogen) atoms. The molecule has 1 N–H and O–H groups in total. The van der Waals surface area contributed by atoms with Crippen molar-refractivity contribution in [3.05, 3.63) is 60.2 Å². The zero-order chi connectivity index (χ0) is 18.0. The van der Waals surface area contributed by atoms with Crippen LogP contribution in [0.25, 0.3) is 0 Å². The van der Waals surface area contributed by atoms with E-state index in [4.69, 9.17) is 4.74 Å². The van der Waals surface area contributed by atoms with Gasteiger partial charge in [-0.1, -0.05) is 44.2 Å². The number of ether oxygens (including phenoxy) is 1. The molecule has 130 valence electrons. The fourth-order valence-corrected chi connectivity index (χ4v) is 3.20. The van der Waals surface area contributed by atoms with E-state index in [0.717, 1.165) is 5.75 Å². The first-order valence-corrected chi connectivity index (χ1v) is 8.37. The number of hydrogen-bond donors (Lipinski definition) is 1. The van der Waals surface area contributed by atoms with Crippen LogP contribution in [-0.2, 0) is 9.59 Å². The Hall–Kier alpha value is -2.66. The van der Waals surface area contributed by atoms with Gasteiger partial charge in [0.1, 0.15) is 11.5 Å². The van der Waals surface area contributed by atoms with Gasteiger partial charge < -0.3 is 4.74 Å². The molecule has 0 bridgehead atoms. The standard InChI is InChI=1S/C20H21NO4/c1-13(2)12-17-18(20(23)21(24)19(17)22)14-8-10-16(11-9-14)25-15-6-4-3-5-7-15/h3-11,13,17-18,24H,12H2,1-2H3/t17-,18+/m1/s1. The monoisotopic (exact) mass is 339 g/mol. The lowest BCUT2D eigenvalue weighted by molar-refractivity contribution is -0.172. The average molecular weight is 339 g/mol. The van der Waals surface area contributed by atoms with E-state index in [1.807, 2.05) is 44.2 Å². The summed E-state index contributed by atoms with van der Waals surface area (Å²) < 4.78 is 5.74. The lowest BCUT2D eigenvalue weighted by Gasteiger charge is -2.17. The number of para-hydroxylation sites is 1. The van der Waals surface area contributed by atoms with Gasteiger partial charge in [0.2, 0.25) is 0 Å². The summed E-state index contributed by atoms with van der Waals surface area (Å²) in [4.78, 5) is 24.5. The average Bonchev–Trinajstić information content (AvgIpc) is 2.80. The maximum Gasteiger partial charge on any atom is 0.261 e. The molecule has 0 spiro atoms. The number of hydrogen-bond acceptors (Lipinski definition) is 4. The minimum absolute atomic E-state index is 0.247. The smallest absolute Gasteiger partial charge is 0.261 e. The lowest BCUT2D eigenvalue weighted by Crippen LogP contribution is -2.27. The molecular weight excluding hydrogens is 318 g/mol. The highest BCUT2D eigenvalue weighted by Crippen LogP contribution is 2.38. The number of carbonyl (C=O) groups is 2. The van der Waals surface area contributed by atoms with Crippen LogP contribution in [0.15, 0.2) is 54.6 Å². The topological polar surface area (TPSA) is 66.8 Å². The van der Waals surface area contributed by atoms with E-state index < -0.39 is 23.7 Å². The van der Waals surface area contributed by atoms with Crippen molar-refractivity contribution in [3.8, 4) is 11.5 Å². The largest absolute Gasteiger partial charge is 0.457 e. The predicted molar refractivity (Wildman–Crippen MR) is 92.3 cm³/mol. The molecule has 0 saturated carbocycles. The van der Waals surface area contributed by atoms with Gasteiger partial charge in [-0.2, -0.15) is 5.06 Å². The van der Waals surface area contributed by atoms with Crippen LogP contribution in [0, 0.1) is 11.8 Å². The molecular formula is C20H21NO4. The van der Waals surface area contributed by atoms with Crippen LogP contribution in [0.4, 0.5) is 0 Å². The Morgan fingerprint density at radius 2 is 1.56 bits per heavy atom. The molecule has 5 heteroatoms. The van der Waals surface area contributed by atoms with Gasteiger partial charge in [-0.15, -0.1) is 0 Å². The first-order chi connectivity index (χ1) is 12.0. The SMILES string of the molecule is CC(C)C[C@H]1C(=O)N(O)C(=O)[C@H]1c1ccc(Oc2ccccc2)cc1. The molecule has 2 aromatic rings. The van der Waals surface area contributed by atoms with Crippen molar-refractivity contribution in [3.63, 3.8) is 0 Å². The highest BCUT2D eigenvalue weighted by molar-refractivity contribution is 6.06. The Labute approximate surface area is 146 Å². The van der Waals surface area contributed by atoms with Crippen LogP contribution >= 0.6 is 0 Å². The van der Waals surface area contributed by atoms with Gasteiger partial charge in [-0.25, -0.2) is 0 Å². The van der Waals surface area contributed by atoms with Gasteiger partial charge in [-0.3, -0.25) is 14.8 Å². The maximum atomic E-state index is 12.3. The van der Waals surface area contributed by atoms with E-state index >= 15 is 0 Å². The van der Waals surface area contributed by atoms with Crippen LogP contribution in [-0.4, -0.2) is 22.1 Å². The molecule has 1 aliphatic heterocycles. The Morgan fingerprint density at radius 3 is 2.16 bits per heavy atom. The van der Waals surface area contributed by atoms with Gasteiger partial charge >= 0.3 is 0 Å². The molecule has 3 rings (SSSR count). The Kier molecular flexibility index (Phi) is 4.86. The predicted octanol–water partition coefficient (Wildman–Crippen LogP) is 3.98. The number of rotatable bonds is 5. The molecule has 0 aromatic heterocycles. The molecule has 2 aromatic carbocycles. The van der Waals surface area contributed by atoms with Crippen molar-refractivity contribution in [1.82, 2.24) is 5.06 Å². The van der Waals surface area contributed by atoms with E-state index in [1.165, 1.54) is 0 Å². The normalized spacial score (nSPS) is 20.4. The third-order valence-electron chi connectivity index (χ3n) is 4.35. The highest BCUT2D eigenvalue weighted by atomic mass is 16.5. The molecule has 1 aliphatic rings. The van der Waals surface area contributed by atoms with E-state index in [9.17, 15) is 14.8 Å². The van der Waals surface area contributed by atoms with E-state index in [2.05, 4.69) is 0 Å². The summed E-state index contributed by atoms with van der Waals surface area (Å²) >= 11 is 0. The van der Waals surface area contributed by atoms with Crippen molar-refractivity contribution in [1.29, 1.82) is 0 Å². The number of hydroxylamine groups is 2. The Bertz CT molecular complexity index is 755. The van der Waals surface area contributed by atoms with Gasteiger partial charge in [0.25, 0.3) is 11.8 Å². The second kappa shape index (κ2) is 7.07. The molecule has 1 fully saturated rings. The van der Waals surface area contributed by atoms with Gasteiger partial charge in [0.15, 0.2) is 0 Å². The highest BCUT2D eigenvalue weighted by Gasteiger charge is 2.48. The van der Waals surface area contributed by atoms with E-state index in [0.29, 0.717) is 17.7 Å². The van der Waals surface area contributed by atoms with Crippen molar-refractivity contribution in [2.24, 2.45) is 11.8 Å². The molecule has 2 amide bonds. The number of carbonyl (C=O) groups excluding carboxylic acids is 2. The Balaban J connectivity index is 1.82. The fraction of sp³-hybridized carbons (Fsp3) is 0.300. The summed E-state index contributed by atoms with van der Waals surface area (Å²) in [6.07, 6.45) is 0.550. The molecule has 2 atom stereocenters. The van der Waals surface area contributed by atoms with Crippen molar-refractivity contribution in [2.75, 3.05) is 0 Å². The van der Waals surface area contributed by atoms with Gasteiger partial charge in [-0.05, 0) is 42.2 Å². The van der Waals surface area contributed by atoms with Crippen LogP contribution in [0.5, 0.6) is 11.5 Å². The van der Waals surface area contributed by atoms with Gasteiger partial charge in [0.05, 0.1) is 11.8 Å². The summed E-state index contributed by atoms with van der Waals surface area (Å²) in [5.41, 5.74) is 0.709. The number of amides is 2. The number of imide groups is 1. The van der Waals surface area contributed by atoms with Crippen molar-refractivity contribution in [2.45, 2.75) is 26.2 Å². The lowest BCUT2D eigenvalue weighted by atomic mass is 9.83. The third-order valence-corrected chi connectivity index (χ3v) is 4.35. The number of benzene rings is 2. The summed E-state index contributed by atoms with van der Waals surface area (Å²) in [7, 11) is 0. The molecule has 0 radical (unpaired) electrons.